The molecule has 4 nitrogen and oxygen atoms in total. The van der Waals surface area contributed by atoms with Gasteiger partial charge in [-0.15, -0.1) is 0 Å². The summed E-state index contributed by atoms with van der Waals surface area (Å²) in [5.74, 6) is 0.125. The van der Waals surface area contributed by atoms with Gasteiger partial charge in [0, 0.05) is 12.0 Å². The van der Waals surface area contributed by atoms with Gasteiger partial charge in [-0.3, -0.25) is 4.79 Å². The first kappa shape index (κ1) is 17.2. The van der Waals surface area contributed by atoms with Gasteiger partial charge < -0.3 is 5.11 Å². The van der Waals surface area contributed by atoms with Crippen LogP contribution >= 0.6 is 0 Å². The van der Waals surface area contributed by atoms with Gasteiger partial charge in [-0.25, -0.2) is 5.43 Å². The number of nitrogens with one attached hydrogen (secondary N) is 1. The van der Waals surface area contributed by atoms with E-state index in [1.165, 1.54) is 19.3 Å². The Balaban J connectivity index is 2.46. The number of phenolic OH excluding ortho intramolecular Hbond substituents is 1. The van der Waals surface area contributed by atoms with Crippen LogP contribution in [0.4, 0.5) is 0 Å². The highest BCUT2D eigenvalue weighted by molar-refractivity contribution is 6.03. The zero-order chi connectivity index (χ0) is 15.5. The number of benzene rings is 1. The lowest BCUT2D eigenvalue weighted by Crippen LogP contribution is -2.19. The number of hydrogen-bond acceptors (Lipinski definition) is 3. The van der Waals surface area contributed by atoms with Crippen molar-refractivity contribution in [2.75, 3.05) is 0 Å². The zero-order valence-corrected chi connectivity index (χ0v) is 13.1. The van der Waals surface area contributed by atoms with Gasteiger partial charge in [-0.2, -0.15) is 5.10 Å². The number of carbonyl (C=O) groups is 1. The minimum atomic E-state index is -0.0622. The van der Waals surface area contributed by atoms with Crippen LogP contribution in [0, 0.1) is 0 Å². The van der Waals surface area contributed by atoms with Crippen molar-refractivity contribution in [3.05, 3.63) is 29.8 Å². The molecule has 0 fully saturated rings. The largest absolute Gasteiger partial charge is 0.507 e. The number of nitrogens with zero attached hydrogens (tertiary/aromatic N) is 1. The molecule has 21 heavy (non-hydrogen) atoms. The first-order valence-corrected chi connectivity index (χ1v) is 7.82. The van der Waals surface area contributed by atoms with E-state index in [1.807, 2.05) is 13.0 Å². The van der Waals surface area contributed by atoms with Crippen LogP contribution < -0.4 is 5.43 Å². The van der Waals surface area contributed by atoms with Gasteiger partial charge in [0.1, 0.15) is 5.75 Å². The molecule has 0 aliphatic rings. The fourth-order valence-electron chi connectivity index (χ4n) is 2.12. The average Bonchev–Trinajstić information content (AvgIpc) is 2.49. The zero-order valence-electron chi connectivity index (χ0n) is 13.1. The molecule has 116 valence electrons. The number of rotatable bonds is 9. The second-order valence-corrected chi connectivity index (χ2v) is 5.13. The predicted octanol–water partition coefficient (Wildman–Crippen LogP) is 3.98. The first-order chi connectivity index (χ1) is 10.2. The Morgan fingerprint density at radius 1 is 1.14 bits per heavy atom. The minimum Gasteiger partial charge on any atom is -0.507 e. The van der Waals surface area contributed by atoms with Crippen molar-refractivity contribution in [2.24, 2.45) is 5.10 Å². The van der Waals surface area contributed by atoms with E-state index in [4.69, 9.17) is 0 Å². The molecule has 1 rings (SSSR count). The second-order valence-electron chi connectivity index (χ2n) is 5.13. The number of hydrogen-bond donors (Lipinski definition) is 2. The summed E-state index contributed by atoms with van der Waals surface area (Å²) in [5.41, 5.74) is 3.95. The van der Waals surface area contributed by atoms with Gasteiger partial charge in [0.15, 0.2) is 0 Å². The highest BCUT2D eigenvalue weighted by Gasteiger charge is 2.07. The molecule has 4 heteroatoms. The molecule has 0 bridgehead atoms. The molecule has 1 aromatic carbocycles. The van der Waals surface area contributed by atoms with Crippen molar-refractivity contribution in [1.82, 2.24) is 5.43 Å². The Morgan fingerprint density at radius 2 is 1.86 bits per heavy atom. The van der Waals surface area contributed by atoms with Gasteiger partial charge in [-0.1, -0.05) is 51.7 Å². The molecular formula is C17H26N2O2. The van der Waals surface area contributed by atoms with Crippen molar-refractivity contribution in [3.63, 3.8) is 0 Å². The van der Waals surface area contributed by atoms with Gasteiger partial charge in [0.05, 0.1) is 5.71 Å². The summed E-state index contributed by atoms with van der Waals surface area (Å²) in [6.45, 7) is 4.12. The molecule has 0 radical (unpaired) electrons. The van der Waals surface area contributed by atoms with Crippen LogP contribution in [0.5, 0.6) is 5.75 Å². The second kappa shape index (κ2) is 9.97. The van der Waals surface area contributed by atoms with Crippen LogP contribution in [0.1, 0.15) is 64.4 Å². The number of carbonyl (C=O) groups excluding carboxylic acids is 1. The Morgan fingerprint density at radius 3 is 2.52 bits per heavy atom. The molecule has 0 saturated carbocycles. The highest BCUT2D eigenvalue weighted by atomic mass is 16.3. The highest BCUT2D eigenvalue weighted by Crippen LogP contribution is 2.17. The van der Waals surface area contributed by atoms with E-state index in [0.29, 0.717) is 24.1 Å². The van der Waals surface area contributed by atoms with Crippen LogP contribution in [0.15, 0.2) is 29.4 Å². The van der Waals surface area contributed by atoms with E-state index in [9.17, 15) is 9.90 Å². The third-order valence-corrected chi connectivity index (χ3v) is 3.37. The molecule has 1 aromatic rings. The predicted molar refractivity (Wildman–Crippen MR) is 86.5 cm³/mol. The summed E-state index contributed by atoms with van der Waals surface area (Å²) in [7, 11) is 0. The van der Waals surface area contributed by atoms with Gasteiger partial charge >= 0.3 is 0 Å². The molecule has 2 N–H and O–H groups in total. The molecule has 0 aromatic heterocycles. The Kier molecular flexibility index (Phi) is 8.17. The Bertz CT molecular complexity index is 470. The summed E-state index contributed by atoms with van der Waals surface area (Å²) < 4.78 is 0. The number of phenols is 1. The maximum Gasteiger partial charge on any atom is 0.240 e. The van der Waals surface area contributed by atoms with E-state index < -0.39 is 0 Å². The molecule has 0 unspecified atom stereocenters. The summed E-state index contributed by atoms with van der Waals surface area (Å²) in [4.78, 5) is 11.7. The van der Waals surface area contributed by atoms with Crippen molar-refractivity contribution < 1.29 is 9.90 Å². The van der Waals surface area contributed by atoms with Crippen LogP contribution in [-0.4, -0.2) is 16.7 Å². The molecule has 0 heterocycles. The smallest absolute Gasteiger partial charge is 0.240 e. The Hall–Kier alpha value is -1.84. The number of unbranched alkanes of at least 4 members (excludes halogenated alkanes) is 4. The fraction of sp³-hybridized carbons (Fsp3) is 0.529. The number of aromatic hydroxyl groups is 1. The quantitative estimate of drug-likeness (QED) is 0.410. The summed E-state index contributed by atoms with van der Waals surface area (Å²) >= 11 is 0. The topological polar surface area (TPSA) is 61.7 Å². The average molecular weight is 290 g/mol. The van der Waals surface area contributed by atoms with Gasteiger partial charge in [0.25, 0.3) is 0 Å². The van der Waals surface area contributed by atoms with Crippen molar-refractivity contribution >= 4 is 11.6 Å². The van der Waals surface area contributed by atoms with Gasteiger partial charge in [0.2, 0.25) is 5.91 Å². The van der Waals surface area contributed by atoms with E-state index in [1.54, 1.807) is 18.2 Å². The fourth-order valence-corrected chi connectivity index (χ4v) is 2.12. The normalized spacial score (nSPS) is 11.4. The molecule has 0 saturated heterocycles. The monoisotopic (exact) mass is 290 g/mol. The van der Waals surface area contributed by atoms with E-state index in [-0.39, 0.29) is 11.7 Å². The van der Waals surface area contributed by atoms with Crippen molar-refractivity contribution in [1.29, 1.82) is 0 Å². The van der Waals surface area contributed by atoms with E-state index >= 15 is 0 Å². The molecule has 0 spiro atoms. The standard InChI is InChI=1S/C17H26N2O2/c1-3-5-6-7-8-13-17(21)19-18-15(4-2)14-11-9-10-12-16(14)20/h9-12,20H,3-8,13H2,1-2H3,(H,19,21)/b18-15+. The van der Waals surface area contributed by atoms with Crippen LogP contribution in [0.2, 0.25) is 0 Å². The van der Waals surface area contributed by atoms with Crippen LogP contribution in [0.3, 0.4) is 0 Å². The lowest BCUT2D eigenvalue weighted by Gasteiger charge is -2.07. The minimum absolute atomic E-state index is 0.0622. The molecular weight excluding hydrogens is 264 g/mol. The number of amides is 1. The van der Waals surface area contributed by atoms with Crippen molar-refractivity contribution in [3.8, 4) is 5.75 Å². The van der Waals surface area contributed by atoms with E-state index in [0.717, 1.165) is 12.8 Å². The van der Waals surface area contributed by atoms with Crippen molar-refractivity contribution in [2.45, 2.75) is 58.8 Å². The van der Waals surface area contributed by atoms with E-state index in [2.05, 4.69) is 17.5 Å². The summed E-state index contributed by atoms with van der Waals surface area (Å²) in [6, 6.07) is 7.03. The number of hydrazone groups is 1. The third-order valence-electron chi connectivity index (χ3n) is 3.37. The van der Waals surface area contributed by atoms with Gasteiger partial charge in [-0.05, 0) is 25.0 Å². The van der Waals surface area contributed by atoms with Crippen LogP contribution in [0.25, 0.3) is 0 Å². The summed E-state index contributed by atoms with van der Waals surface area (Å²) in [6.07, 6.45) is 6.76. The third kappa shape index (κ3) is 6.43. The van der Waals surface area contributed by atoms with Crippen LogP contribution in [-0.2, 0) is 4.79 Å². The maximum atomic E-state index is 11.7. The first-order valence-electron chi connectivity index (χ1n) is 7.82. The summed E-state index contributed by atoms with van der Waals surface area (Å²) in [5, 5.41) is 14.0. The molecule has 1 amide bonds. The lowest BCUT2D eigenvalue weighted by atomic mass is 10.1. The lowest BCUT2D eigenvalue weighted by molar-refractivity contribution is -0.121. The SMILES string of the molecule is CCCCCCCC(=O)N/N=C(\CC)c1ccccc1O. The number of para-hydroxylation sites is 1. The maximum absolute atomic E-state index is 11.7. The Labute approximate surface area is 127 Å². The molecule has 0 aliphatic carbocycles. The molecule has 0 aliphatic heterocycles. The molecule has 0 atom stereocenters.